The Morgan fingerprint density at radius 2 is 2.00 bits per heavy atom. The van der Waals surface area contributed by atoms with Gasteiger partial charge in [-0.05, 0) is 24.4 Å². The number of aromatic nitrogens is 2. The Morgan fingerprint density at radius 1 is 1.12 bits per heavy atom. The molecule has 1 aromatic carbocycles. The highest BCUT2D eigenvalue weighted by molar-refractivity contribution is 7.14. The van der Waals surface area contributed by atoms with Crippen molar-refractivity contribution in [3.63, 3.8) is 0 Å². The summed E-state index contributed by atoms with van der Waals surface area (Å²) in [5.41, 5.74) is 4.43. The highest BCUT2D eigenvalue weighted by atomic mass is 32.1. The van der Waals surface area contributed by atoms with Gasteiger partial charge in [-0.25, -0.2) is 4.68 Å². The van der Waals surface area contributed by atoms with Crippen molar-refractivity contribution in [1.82, 2.24) is 9.66 Å². The van der Waals surface area contributed by atoms with E-state index in [1.807, 2.05) is 17.0 Å². The van der Waals surface area contributed by atoms with Crippen LogP contribution in [0, 0.1) is 6.92 Å². The predicted octanol–water partition coefficient (Wildman–Crippen LogP) is 4.48. The fourth-order valence-electron chi connectivity index (χ4n) is 2.74. The molecule has 4 aromatic rings. The number of nitrogens with zero attached hydrogens (tertiary/aromatic N) is 3. The Kier molecular flexibility index (Phi) is 3.92. The molecule has 0 atom stereocenters. The number of thiophene rings is 1. The van der Waals surface area contributed by atoms with Crippen molar-refractivity contribution in [2.75, 3.05) is 7.05 Å². The first-order chi connectivity index (χ1) is 11.8. The van der Waals surface area contributed by atoms with Gasteiger partial charge in [0.2, 0.25) is 4.80 Å². The van der Waals surface area contributed by atoms with Crippen LogP contribution < -0.4 is 4.80 Å². The van der Waals surface area contributed by atoms with Crippen molar-refractivity contribution in [2.45, 2.75) is 6.92 Å². The van der Waals surface area contributed by atoms with Gasteiger partial charge in [-0.1, -0.05) is 24.3 Å². The Morgan fingerprint density at radius 3 is 2.79 bits per heavy atom. The van der Waals surface area contributed by atoms with Gasteiger partial charge >= 0.3 is 0 Å². The summed E-state index contributed by atoms with van der Waals surface area (Å²) < 4.78 is 1.91. The van der Waals surface area contributed by atoms with Crippen LogP contribution in [0.2, 0.25) is 0 Å². The number of hydrogen-bond acceptors (Lipinski definition) is 4. The average molecular weight is 352 g/mol. The number of fused-ring (bicyclic) bond motifs is 1. The number of para-hydroxylation sites is 1. The first-order valence-electron chi connectivity index (χ1n) is 7.57. The summed E-state index contributed by atoms with van der Waals surface area (Å²) in [6, 6.07) is 12.4. The molecule has 0 amide bonds. The Hall–Kier alpha value is -2.44. The van der Waals surface area contributed by atoms with Crippen LogP contribution in [-0.2, 0) is 0 Å². The highest BCUT2D eigenvalue weighted by Gasteiger charge is 2.09. The number of rotatable bonds is 3. The SMILES string of the molecule is CN=c1scc(-c2cccs2)n1N=Cc1c(C)[nH]c2ccccc12. The summed E-state index contributed by atoms with van der Waals surface area (Å²) in [5.74, 6) is 0. The molecule has 6 heteroatoms. The standard InChI is InChI=1S/C18H16N4S2/c1-12-14(13-6-3-4-7-15(13)21-12)10-20-22-16(11-24-18(22)19-2)17-8-5-9-23-17/h3-11,21H,1-2H3. The third-order valence-corrected chi connectivity index (χ3v) is 5.70. The van der Waals surface area contributed by atoms with E-state index in [2.05, 4.69) is 58.0 Å². The van der Waals surface area contributed by atoms with E-state index in [-0.39, 0.29) is 0 Å². The van der Waals surface area contributed by atoms with E-state index in [9.17, 15) is 0 Å². The molecular weight excluding hydrogens is 336 g/mol. The van der Waals surface area contributed by atoms with Gasteiger partial charge in [0.05, 0.1) is 16.8 Å². The summed E-state index contributed by atoms with van der Waals surface area (Å²) in [5, 5.41) is 10.1. The second-order valence-corrected chi connectivity index (χ2v) is 7.15. The lowest BCUT2D eigenvalue weighted by Crippen LogP contribution is -2.11. The number of thiazole rings is 1. The second-order valence-electron chi connectivity index (χ2n) is 5.37. The number of hydrogen-bond donors (Lipinski definition) is 1. The molecule has 0 saturated carbocycles. The molecule has 0 aliphatic heterocycles. The van der Waals surface area contributed by atoms with Gasteiger partial charge in [0.25, 0.3) is 0 Å². The van der Waals surface area contributed by atoms with Crippen molar-refractivity contribution >= 4 is 39.8 Å². The smallest absolute Gasteiger partial charge is 0.205 e. The molecule has 0 spiro atoms. The summed E-state index contributed by atoms with van der Waals surface area (Å²) in [6.45, 7) is 2.07. The predicted molar refractivity (Wildman–Crippen MR) is 103 cm³/mol. The maximum Gasteiger partial charge on any atom is 0.205 e. The van der Waals surface area contributed by atoms with Gasteiger partial charge in [0, 0.05) is 34.6 Å². The van der Waals surface area contributed by atoms with Crippen LogP contribution in [0.1, 0.15) is 11.3 Å². The van der Waals surface area contributed by atoms with Gasteiger partial charge in [0.1, 0.15) is 0 Å². The number of aromatic amines is 1. The van der Waals surface area contributed by atoms with E-state index >= 15 is 0 Å². The summed E-state index contributed by atoms with van der Waals surface area (Å²) in [4.78, 5) is 9.83. The molecule has 3 heterocycles. The molecule has 0 bridgehead atoms. The summed E-state index contributed by atoms with van der Waals surface area (Å²) >= 11 is 3.31. The lowest BCUT2D eigenvalue weighted by molar-refractivity contribution is 0.850. The molecule has 0 fully saturated rings. The van der Waals surface area contributed by atoms with Gasteiger partial charge in [-0.2, -0.15) is 5.10 Å². The molecule has 1 N–H and O–H groups in total. The van der Waals surface area contributed by atoms with Crippen LogP contribution in [0.4, 0.5) is 0 Å². The minimum Gasteiger partial charge on any atom is -0.358 e. The molecule has 24 heavy (non-hydrogen) atoms. The van der Waals surface area contributed by atoms with E-state index in [1.54, 1.807) is 29.7 Å². The number of aryl methyl sites for hydroxylation is 1. The molecule has 0 aliphatic carbocycles. The average Bonchev–Trinajstić information content (AvgIpc) is 3.30. The molecule has 0 saturated heterocycles. The van der Waals surface area contributed by atoms with Gasteiger partial charge < -0.3 is 4.98 Å². The third-order valence-electron chi connectivity index (χ3n) is 3.90. The molecular formula is C18H16N4S2. The zero-order chi connectivity index (χ0) is 16.5. The topological polar surface area (TPSA) is 45.4 Å². The molecule has 0 unspecified atom stereocenters. The molecule has 120 valence electrons. The van der Waals surface area contributed by atoms with Crippen LogP contribution in [0.3, 0.4) is 0 Å². The van der Waals surface area contributed by atoms with Gasteiger partial charge in [-0.15, -0.1) is 22.7 Å². The number of benzene rings is 1. The molecule has 4 nitrogen and oxygen atoms in total. The van der Waals surface area contributed by atoms with Gasteiger partial charge in [0.15, 0.2) is 0 Å². The number of H-pyrrole nitrogens is 1. The lowest BCUT2D eigenvalue weighted by atomic mass is 10.1. The van der Waals surface area contributed by atoms with E-state index < -0.39 is 0 Å². The quantitative estimate of drug-likeness (QED) is 0.529. The Labute approximate surface area is 147 Å². The maximum absolute atomic E-state index is 4.74. The highest BCUT2D eigenvalue weighted by Crippen LogP contribution is 2.25. The fourth-order valence-corrected chi connectivity index (χ4v) is 4.33. The second kappa shape index (κ2) is 6.22. The zero-order valence-corrected chi connectivity index (χ0v) is 15.0. The van der Waals surface area contributed by atoms with Crippen LogP contribution in [-0.4, -0.2) is 22.9 Å². The van der Waals surface area contributed by atoms with Crippen molar-refractivity contribution in [2.24, 2.45) is 10.1 Å². The normalized spacial score (nSPS) is 12.7. The van der Waals surface area contributed by atoms with Crippen molar-refractivity contribution in [3.8, 4) is 10.6 Å². The van der Waals surface area contributed by atoms with E-state index in [0.717, 1.165) is 27.3 Å². The van der Waals surface area contributed by atoms with Crippen LogP contribution in [0.5, 0.6) is 0 Å². The molecule has 4 rings (SSSR count). The van der Waals surface area contributed by atoms with Crippen LogP contribution in [0.25, 0.3) is 21.5 Å². The Bertz CT molecular complexity index is 1080. The van der Waals surface area contributed by atoms with E-state index in [1.165, 1.54) is 10.3 Å². The van der Waals surface area contributed by atoms with Crippen LogP contribution in [0.15, 0.2) is 57.3 Å². The fraction of sp³-hybridized carbons (Fsp3) is 0.111. The summed E-state index contributed by atoms with van der Waals surface area (Å²) in [7, 11) is 1.80. The minimum absolute atomic E-state index is 0.882. The van der Waals surface area contributed by atoms with Crippen molar-refractivity contribution in [1.29, 1.82) is 0 Å². The van der Waals surface area contributed by atoms with Crippen molar-refractivity contribution in [3.05, 3.63) is 63.2 Å². The molecule has 0 radical (unpaired) electrons. The monoisotopic (exact) mass is 352 g/mol. The van der Waals surface area contributed by atoms with Gasteiger partial charge in [-0.3, -0.25) is 4.99 Å². The molecule has 0 aliphatic rings. The first kappa shape index (κ1) is 15.1. The van der Waals surface area contributed by atoms with E-state index in [4.69, 9.17) is 5.10 Å². The zero-order valence-electron chi connectivity index (χ0n) is 13.4. The third kappa shape index (κ3) is 2.53. The maximum atomic E-state index is 4.74. The Balaban J connectivity index is 1.84. The lowest BCUT2D eigenvalue weighted by Gasteiger charge is -2.00. The van der Waals surface area contributed by atoms with Crippen LogP contribution >= 0.6 is 22.7 Å². The van der Waals surface area contributed by atoms with E-state index in [0.29, 0.717) is 0 Å². The van der Waals surface area contributed by atoms with Crippen molar-refractivity contribution < 1.29 is 0 Å². The summed E-state index contributed by atoms with van der Waals surface area (Å²) in [6.07, 6.45) is 1.92. The largest absolute Gasteiger partial charge is 0.358 e. The number of nitrogens with one attached hydrogen (secondary N) is 1. The molecule has 3 aromatic heterocycles. The first-order valence-corrected chi connectivity index (χ1v) is 9.33. The minimum atomic E-state index is 0.882.